The molecular weight excluding hydrogens is 516 g/mol. The minimum absolute atomic E-state index is 0.208. The van der Waals surface area contributed by atoms with Crippen LogP contribution in [0.15, 0.2) is 77.9 Å². The maximum absolute atomic E-state index is 13.3. The van der Waals surface area contributed by atoms with E-state index in [-0.39, 0.29) is 12.1 Å². The number of aromatic nitrogens is 1. The number of piperazine rings is 1. The summed E-state index contributed by atoms with van der Waals surface area (Å²) in [4.78, 5) is 28.6. The van der Waals surface area contributed by atoms with Crippen molar-refractivity contribution in [1.29, 1.82) is 5.26 Å². The fourth-order valence-electron chi connectivity index (χ4n) is 4.68. The van der Waals surface area contributed by atoms with Gasteiger partial charge in [-0.25, -0.2) is 14.8 Å². The number of halogens is 1. The number of urea groups is 1. The van der Waals surface area contributed by atoms with Gasteiger partial charge in [-0.3, -0.25) is 5.32 Å². The number of hydrogen-bond donors (Lipinski definition) is 2. The van der Waals surface area contributed by atoms with Gasteiger partial charge >= 0.3 is 6.03 Å². The van der Waals surface area contributed by atoms with Crippen LogP contribution in [0.5, 0.6) is 0 Å². The Morgan fingerprint density at radius 2 is 1.79 bits per heavy atom. The fraction of sp³-hybridized carbons (Fsp3) is 0.286. The first-order chi connectivity index (χ1) is 19.1. The Morgan fingerprint density at radius 3 is 2.49 bits per heavy atom. The molecule has 1 aromatic heterocycles. The average molecular weight is 545 g/mol. The Kier molecular flexibility index (Phi) is 8.41. The van der Waals surface area contributed by atoms with Crippen LogP contribution in [0, 0.1) is 11.5 Å². The lowest BCUT2D eigenvalue weighted by molar-refractivity contribution is 0.122. The smallest absolute Gasteiger partial charge is 0.322 e. The minimum atomic E-state index is -0.264. The van der Waals surface area contributed by atoms with Crippen molar-refractivity contribution >= 4 is 40.8 Å². The van der Waals surface area contributed by atoms with Gasteiger partial charge in [-0.1, -0.05) is 41.9 Å². The molecule has 11 heteroatoms. The second-order valence-electron chi connectivity index (χ2n) is 9.15. The lowest BCUT2D eigenvalue weighted by Gasteiger charge is -2.42. The summed E-state index contributed by atoms with van der Waals surface area (Å²) in [5.74, 6) is 1.29. The maximum atomic E-state index is 13.3. The van der Waals surface area contributed by atoms with Gasteiger partial charge in [0.2, 0.25) is 5.96 Å². The highest BCUT2D eigenvalue weighted by molar-refractivity contribution is 6.30. The number of anilines is 2. The zero-order valence-corrected chi connectivity index (χ0v) is 22.1. The second kappa shape index (κ2) is 12.5. The molecule has 0 spiro atoms. The SMILES string of the molecule is N#CNC(=Nc1ccc(N2CCOCC2)nc1)N1CCN(C(=O)Nc2ccc(Cl)cc2)C(c2ccccc2)C1. The number of amides is 2. The Hall–Kier alpha value is -4.33. The van der Waals surface area contributed by atoms with E-state index < -0.39 is 0 Å². The lowest BCUT2D eigenvalue weighted by Crippen LogP contribution is -2.55. The number of ether oxygens (including phenoxy) is 1. The van der Waals surface area contributed by atoms with Gasteiger partial charge in [-0.2, -0.15) is 5.26 Å². The molecule has 2 fully saturated rings. The number of nitrogens with zero attached hydrogens (tertiary/aromatic N) is 6. The van der Waals surface area contributed by atoms with Crippen LogP contribution in [0.4, 0.5) is 22.0 Å². The minimum Gasteiger partial charge on any atom is -0.378 e. The van der Waals surface area contributed by atoms with Gasteiger partial charge in [0.1, 0.15) is 5.82 Å². The third kappa shape index (κ3) is 6.57. The first-order valence-electron chi connectivity index (χ1n) is 12.8. The Labute approximate surface area is 232 Å². The van der Waals surface area contributed by atoms with E-state index in [9.17, 15) is 10.1 Å². The molecule has 5 rings (SSSR count). The molecule has 0 radical (unpaired) electrons. The van der Waals surface area contributed by atoms with Crippen molar-refractivity contribution in [2.24, 2.45) is 4.99 Å². The van der Waals surface area contributed by atoms with E-state index in [1.54, 1.807) is 30.5 Å². The number of morpholine rings is 1. The number of hydrogen-bond acceptors (Lipinski definition) is 6. The number of nitrogens with one attached hydrogen (secondary N) is 2. The summed E-state index contributed by atoms with van der Waals surface area (Å²) in [5.41, 5.74) is 2.28. The average Bonchev–Trinajstić information content (AvgIpc) is 2.99. The molecule has 0 bridgehead atoms. The lowest BCUT2D eigenvalue weighted by atomic mass is 10.0. The molecule has 2 N–H and O–H groups in total. The number of carbonyl (C=O) groups is 1. The van der Waals surface area contributed by atoms with Crippen LogP contribution in [-0.4, -0.2) is 72.7 Å². The zero-order valence-electron chi connectivity index (χ0n) is 21.3. The number of rotatable bonds is 4. The number of pyridine rings is 1. The molecule has 2 amide bonds. The van der Waals surface area contributed by atoms with E-state index in [0.717, 1.165) is 24.5 Å². The summed E-state index contributed by atoms with van der Waals surface area (Å²) in [6.45, 7) is 4.34. The number of benzene rings is 2. The van der Waals surface area contributed by atoms with Gasteiger partial charge in [0, 0.05) is 43.4 Å². The number of guanidine groups is 1. The van der Waals surface area contributed by atoms with Crippen LogP contribution in [0.25, 0.3) is 0 Å². The molecule has 0 saturated carbocycles. The summed E-state index contributed by atoms with van der Waals surface area (Å²) in [6, 6.07) is 20.2. The summed E-state index contributed by atoms with van der Waals surface area (Å²) < 4.78 is 5.42. The van der Waals surface area contributed by atoms with Crippen molar-refractivity contribution in [2.45, 2.75) is 6.04 Å². The van der Waals surface area contributed by atoms with Gasteiger partial charge in [0.05, 0.1) is 31.1 Å². The van der Waals surface area contributed by atoms with Crippen LogP contribution < -0.4 is 15.5 Å². The molecule has 2 aliphatic rings. The van der Waals surface area contributed by atoms with Gasteiger partial charge in [-0.15, -0.1) is 0 Å². The highest BCUT2D eigenvalue weighted by Crippen LogP contribution is 2.27. The molecule has 10 nitrogen and oxygen atoms in total. The molecule has 39 heavy (non-hydrogen) atoms. The van der Waals surface area contributed by atoms with Crippen LogP contribution in [-0.2, 0) is 4.74 Å². The molecule has 2 saturated heterocycles. The monoisotopic (exact) mass is 544 g/mol. The molecule has 3 aromatic rings. The first kappa shape index (κ1) is 26.3. The van der Waals surface area contributed by atoms with Crippen molar-refractivity contribution in [3.63, 3.8) is 0 Å². The third-order valence-electron chi connectivity index (χ3n) is 6.69. The number of nitriles is 1. The van der Waals surface area contributed by atoms with E-state index in [1.807, 2.05) is 58.5 Å². The van der Waals surface area contributed by atoms with Gasteiger partial charge in [0.25, 0.3) is 0 Å². The highest BCUT2D eigenvalue weighted by Gasteiger charge is 2.33. The zero-order chi connectivity index (χ0) is 27.0. The molecule has 3 heterocycles. The molecule has 2 aromatic carbocycles. The predicted molar refractivity (Wildman–Crippen MR) is 151 cm³/mol. The van der Waals surface area contributed by atoms with Gasteiger partial charge < -0.3 is 24.8 Å². The Balaban J connectivity index is 1.35. The van der Waals surface area contributed by atoms with E-state index in [2.05, 4.69) is 20.5 Å². The van der Waals surface area contributed by atoms with Crippen LogP contribution in [0.2, 0.25) is 5.02 Å². The number of carbonyl (C=O) groups excluding carboxylic acids is 1. The summed E-state index contributed by atoms with van der Waals surface area (Å²) >= 11 is 5.99. The second-order valence-corrected chi connectivity index (χ2v) is 9.59. The van der Waals surface area contributed by atoms with Gasteiger partial charge in [-0.05, 0) is 42.0 Å². The molecule has 1 atom stereocenters. The van der Waals surface area contributed by atoms with Crippen molar-refractivity contribution in [2.75, 3.05) is 56.2 Å². The maximum Gasteiger partial charge on any atom is 0.322 e. The summed E-state index contributed by atoms with van der Waals surface area (Å²) in [7, 11) is 0. The van der Waals surface area contributed by atoms with Crippen molar-refractivity contribution < 1.29 is 9.53 Å². The standard InChI is InChI=1S/C28H29ClN8O2/c29-22-6-8-23(9-7-22)34-28(38)37-13-12-36(19-25(37)21-4-2-1-3-5-21)27(32-20-30)33-24-10-11-26(31-18-24)35-14-16-39-17-15-35/h1-11,18,25H,12-17,19H2,(H,32,33)(H,34,38). The third-order valence-corrected chi connectivity index (χ3v) is 6.94. The van der Waals surface area contributed by atoms with Gasteiger partial charge in [0.15, 0.2) is 6.19 Å². The first-order valence-corrected chi connectivity index (χ1v) is 13.1. The topological polar surface area (TPSA) is 109 Å². The quantitative estimate of drug-likeness (QED) is 0.219. The predicted octanol–water partition coefficient (Wildman–Crippen LogP) is 4.22. The molecule has 0 aliphatic carbocycles. The largest absolute Gasteiger partial charge is 0.378 e. The van der Waals surface area contributed by atoms with Crippen molar-refractivity contribution in [3.05, 3.63) is 83.5 Å². The highest BCUT2D eigenvalue weighted by atomic mass is 35.5. The molecule has 2 aliphatic heterocycles. The van der Waals surface area contributed by atoms with Crippen LogP contribution in [0.1, 0.15) is 11.6 Å². The van der Waals surface area contributed by atoms with Crippen LogP contribution in [0.3, 0.4) is 0 Å². The van der Waals surface area contributed by atoms with Crippen molar-refractivity contribution in [1.82, 2.24) is 20.1 Å². The Bertz CT molecular complexity index is 1320. The normalized spacial score (nSPS) is 17.9. The van der Waals surface area contributed by atoms with Crippen LogP contribution >= 0.6 is 11.6 Å². The molecule has 200 valence electrons. The van der Waals surface area contributed by atoms with E-state index in [4.69, 9.17) is 21.3 Å². The van der Waals surface area contributed by atoms with E-state index in [1.165, 1.54) is 0 Å². The Morgan fingerprint density at radius 1 is 1.03 bits per heavy atom. The fourth-order valence-corrected chi connectivity index (χ4v) is 4.81. The molecular formula is C28H29ClN8O2. The summed E-state index contributed by atoms with van der Waals surface area (Å²) in [6.07, 6.45) is 3.71. The number of aliphatic imine (C=N–C) groups is 1. The van der Waals surface area contributed by atoms with E-state index in [0.29, 0.717) is 55.2 Å². The summed E-state index contributed by atoms with van der Waals surface area (Å²) in [5, 5.41) is 15.8. The van der Waals surface area contributed by atoms with Crippen molar-refractivity contribution in [3.8, 4) is 6.19 Å². The molecule has 1 unspecified atom stereocenters. The van der Waals surface area contributed by atoms with E-state index >= 15 is 0 Å².